The lowest BCUT2D eigenvalue weighted by Gasteiger charge is -2.26. The first-order valence-corrected chi connectivity index (χ1v) is 11.4. The van der Waals surface area contributed by atoms with Crippen LogP contribution >= 0.6 is 0 Å². The molecule has 0 saturated carbocycles. The van der Waals surface area contributed by atoms with E-state index < -0.39 is 11.8 Å². The van der Waals surface area contributed by atoms with Crippen molar-refractivity contribution in [3.05, 3.63) is 88.7 Å². The zero-order valence-electron chi connectivity index (χ0n) is 18.7. The number of halogens is 1. The zero-order valence-corrected chi connectivity index (χ0v) is 18.7. The molecule has 3 aromatic rings. The first kappa shape index (κ1) is 22.1. The maximum Gasteiger partial charge on any atom is 0.341 e. The average Bonchev–Trinajstić information content (AvgIpc) is 2.80. The van der Waals surface area contributed by atoms with Crippen LogP contribution in [0.1, 0.15) is 53.7 Å². The lowest BCUT2D eigenvalue weighted by Crippen LogP contribution is -2.29. The Bertz CT molecular complexity index is 1070. The third-order valence-corrected chi connectivity index (χ3v) is 5.95. The number of fused-ring (bicyclic) bond motifs is 1. The quantitative estimate of drug-likeness (QED) is 0.378. The molecule has 0 radical (unpaired) electrons. The highest BCUT2D eigenvalue weighted by atomic mass is 19.1. The maximum atomic E-state index is 15.3. The Morgan fingerprint density at radius 1 is 0.938 bits per heavy atom. The van der Waals surface area contributed by atoms with Crippen LogP contribution in [0.4, 0.5) is 4.39 Å². The molecule has 4 rings (SSSR count). The number of hydrogen-bond donors (Lipinski definition) is 0. The fraction of sp³-hybridized carbons (Fsp3) is 0.321. The summed E-state index contributed by atoms with van der Waals surface area (Å²) in [5.74, 6) is -0.349. The van der Waals surface area contributed by atoms with Crippen LogP contribution in [0.15, 0.2) is 60.7 Å². The van der Waals surface area contributed by atoms with Crippen LogP contribution in [0.25, 0.3) is 11.1 Å². The molecule has 0 N–H and O–H groups in total. The molecule has 1 heterocycles. The molecule has 0 fully saturated rings. The number of carbonyl (C=O) groups excluding carboxylic acids is 1. The van der Waals surface area contributed by atoms with Crippen molar-refractivity contribution in [2.24, 2.45) is 0 Å². The molecular formula is C28H29FO3. The first-order chi connectivity index (χ1) is 15.6. The Hall–Kier alpha value is -3.14. The Kier molecular flexibility index (Phi) is 6.89. The molecule has 32 heavy (non-hydrogen) atoms. The molecule has 0 aliphatic carbocycles. The molecule has 0 aromatic heterocycles. The van der Waals surface area contributed by atoms with Gasteiger partial charge in [-0.2, -0.15) is 0 Å². The molecule has 0 amide bonds. The van der Waals surface area contributed by atoms with Gasteiger partial charge >= 0.3 is 5.97 Å². The lowest BCUT2D eigenvalue weighted by atomic mass is 9.91. The van der Waals surface area contributed by atoms with Gasteiger partial charge < -0.3 is 9.47 Å². The van der Waals surface area contributed by atoms with Gasteiger partial charge in [0.25, 0.3) is 0 Å². The highest BCUT2D eigenvalue weighted by Gasteiger charge is 2.30. The van der Waals surface area contributed by atoms with Gasteiger partial charge in [-0.25, -0.2) is 9.18 Å². The van der Waals surface area contributed by atoms with E-state index in [0.29, 0.717) is 24.2 Å². The van der Waals surface area contributed by atoms with E-state index in [2.05, 4.69) is 31.2 Å². The Balaban J connectivity index is 1.46. The van der Waals surface area contributed by atoms with Crippen molar-refractivity contribution in [1.29, 1.82) is 0 Å². The fourth-order valence-corrected chi connectivity index (χ4v) is 4.27. The topological polar surface area (TPSA) is 35.5 Å². The predicted octanol–water partition coefficient (Wildman–Crippen LogP) is 6.56. The minimum absolute atomic E-state index is 0.0663. The molecule has 3 nitrogen and oxygen atoms in total. The molecule has 3 aromatic carbocycles. The number of hydrogen-bond acceptors (Lipinski definition) is 3. The monoisotopic (exact) mass is 432 g/mol. The van der Waals surface area contributed by atoms with Crippen LogP contribution in [-0.4, -0.2) is 18.7 Å². The van der Waals surface area contributed by atoms with Crippen LogP contribution in [0.3, 0.4) is 0 Å². The number of aryl methyl sites for hydroxylation is 2. The SMILES string of the molecule is CCCc1ccc(CCC2Cc3ccc(-c4ccc(OCC)cc4)c(F)c3C(=O)O2)cc1. The Morgan fingerprint density at radius 2 is 1.62 bits per heavy atom. The minimum Gasteiger partial charge on any atom is -0.494 e. The zero-order chi connectivity index (χ0) is 22.5. The van der Waals surface area contributed by atoms with Crippen LogP contribution in [0.2, 0.25) is 0 Å². The van der Waals surface area contributed by atoms with Crippen LogP contribution in [-0.2, 0) is 24.0 Å². The molecule has 0 bridgehead atoms. The second-order valence-electron chi connectivity index (χ2n) is 8.26. The summed E-state index contributed by atoms with van der Waals surface area (Å²) in [5.41, 5.74) is 4.45. The van der Waals surface area contributed by atoms with Crippen molar-refractivity contribution in [3.8, 4) is 16.9 Å². The van der Waals surface area contributed by atoms with Gasteiger partial charge in [0.2, 0.25) is 0 Å². The Labute approximate surface area is 189 Å². The molecule has 1 unspecified atom stereocenters. The lowest BCUT2D eigenvalue weighted by molar-refractivity contribution is 0.0232. The third-order valence-electron chi connectivity index (χ3n) is 5.95. The standard InChI is InChI=1S/C28H29FO3/c1-3-5-19-6-8-20(9-7-19)10-14-24-18-22-13-17-25(27(29)26(22)28(30)32-24)21-11-15-23(16-12-21)31-4-2/h6-9,11-13,15-17,24H,3-5,10,14,18H2,1-2H3. The van der Waals surface area contributed by atoms with E-state index in [-0.39, 0.29) is 11.7 Å². The molecule has 4 heteroatoms. The van der Waals surface area contributed by atoms with Crippen molar-refractivity contribution in [3.63, 3.8) is 0 Å². The number of carbonyl (C=O) groups is 1. The molecular weight excluding hydrogens is 403 g/mol. The minimum atomic E-state index is -0.570. The van der Waals surface area contributed by atoms with E-state index in [1.54, 1.807) is 30.3 Å². The van der Waals surface area contributed by atoms with E-state index in [4.69, 9.17) is 9.47 Å². The van der Waals surface area contributed by atoms with Crippen molar-refractivity contribution in [1.82, 2.24) is 0 Å². The van der Waals surface area contributed by atoms with Crippen LogP contribution in [0.5, 0.6) is 5.75 Å². The van der Waals surface area contributed by atoms with Gasteiger partial charge in [0.1, 0.15) is 17.7 Å². The molecule has 1 aliphatic heterocycles. The van der Waals surface area contributed by atoms with Crippen molar-refractivity contribution in [2.75, 3.05) is 6.61 Å². The van der Waals surface area contributed by atoms with Gasteiger partial charge in [-0.05, 0) is 60.6 Å². The smallest absolute Gasteiger partial charge is 0.341 e. The summed E-state index contributed by atoms with van der Waals surface area (Å²) < 4.78 is 26.4. The summed E-state index contributed by atoms with van der Waals surface area (Å²) in [6.45, 7) is 4.66. The number of cyclic esters (lactones) is 1. The van der Waals surface area contributed by atoms with E-state index in [1.165, 1.54) is 11.1 Å². The third kappa shape index (κ3) is 4.85. The summed E-state index contributed by atoms with van der Waals surface area (Å²) in [7, 11) is 0. The number of ether oxygens (including phenoxy) is 2. The van der Waals surface area contributed by atoms with Crippen molar-refractivity contribution >= 4 is 5.97 Å². The summed E-state index contributed by atoms with van der Waals surface area (Å²) in [6, 6.07) is 19.5. The molecule has 166 valence electrons. The average molecular weight is 433 g/mol. The summed E-state index contributed by atoms with van der Waals surface area (Å²) in [6.07, 6.45) is 4.07. The van der Waals surface area contributed by atoms with Gasteiger partial charge in [-0.1, -0.05) is 61.9 Å². The summed E-state index contributed by atoms with van der Waals surface area (Å²) in [5, 5.41) is 0. The predicted molar refractivity (Wildman–Crippen MR) is 125 cm³/mol. The van der Waals surface area contributed by atoms with Crippen LogP contribution < -0.4 is 4.74 Å². The van der Waals surface area contributed by atoms with Gasteiger partial charge in [0, 0.05) is 12.0 Å². The largest absolute Gasteiger partial charge is 0.494 e. The maximum absolute atomic E-state index is 15.3. The second kappa shape index (κ2) is 9.99. The van der Waals surface area contributed by atoms with Crippen molar-refractivity contribution in [2.45, 2.75) is 52.1 Å². The molecule has 1 atom stereocenters. The van der Waals surface area contributed by atoms with Crippen LogP contribution in [0, 0.1) is 5.82 Å². The van der Waals surface area contributed by atoms with Gasteiger partial charge in [0.05, 0.1) is 12.2 Å². The molecule has 0 spiro atoms. The van der Waals surface area contributed by atoms with Crippen molar-refractivity contribution < 1.29 is 18.7 Å². The van der Waals surface area contributed by atoms with Gasteiger partial charge in [0.15, 0.2) is 0 Å². The molecule has 1 aliphatic rings. The number of benzene rings is 3. The molecule has 0 saturated heterocycles. The summed E-state index contributed by atoms with van der Waals surface area (Å²) >= 11 is 0. The van der Waals surface area contributed by atoms with Gasteiger partial charge in [-0.15, -0.1) is 0 Å². The number of esters is 1. The second-order valence-corrected chi connectivity index (χ2v) is 8.26. The summed E-state index contributed by atoms with van der Waals surface area (Å²) in [4.78, 5) is 12.7. The fourth-order valence-electron chi connectivity index (χ4n) is 4.27. The van der Waals surface area contributed by atoms with E-state index >= 15 is 4.39 Å². The normalized spacial score (nSPS) is 15.2. The highest BCUT2D eigenvalue weighted by molar-refractivity contribution is 5.94. The highest BCUT2D eigenvalue weighted by Crippen LogP contribution is 2.32. The van der Waals surface area contributed by atoms with E-state index in [1.807, 2.05) is 13.0 Å². The Morgan fingerprint density at radius 3 is 2.28 bits per heavy atom. The first-order valence-electron chi connectivity index (χ1n) is 11.4. The van der Waals surface area contributed by atoms with E-state index in [9.17, 15) is 4.79 Å². The van der Waals surface area contributed by atoms with E-state index in [0.717, 1.165) is 37.0 Å². The van der Waals surface area contributed by atoms with Gasteiger partial charge in [-0.3, -0.25) is 0 Å². The number of rotatable bonds is 8.